The minimum Gasteiger partial charge on any atom is -0.378 e. The molecule has 7 nitrogen and oxygen atoms in total. The maximum atomic E-state index is 6.09. The highest BCUT2D eigenvalue weighted by molar-refractivity contribution is 5.76. The van der Waals surface area contributed by atoms with Gasteiger partial charge in [-0.05, 0) is 74.3 Å². The quantitative estimate of drug-likeness (QED) is 0.319. The lowest BCUT2D eigenvalue weighted by atomic mass is 9.68. The van der Waals surface area contributed by atoms with E-state index in [-0.39, 0.29) is 0 Å². The number of para-hydroxylation sites is 2. The van der Waals surface area contributed by atoms with Crippen LogP contribution >= 0.6 is 0 Å². The molecule has 4 bridgehead atoms. The summed E-state index contributed by atoms with van der Waals surface area (Å²) in [4.78, 5) is 15.7. The summed E-state index contributed by atoms with van der Waals surface area (Å²) in [6.07, 6.45) is 19.1. The van der Waals surface area contributed by atoms with Crippen LogP contribution in [0.25, 0.3) is 11.0 Å². The number of nitrogens with zero attached hydrogens (tertiary/aromatic N) is 6. The van der Waals surface area contributed by atoms with Crippen LogP contribution in [0.4, 0.5) is 0 Å². The van der Waals surface area contributed by atoms with E-state index in [1.165, 1.54) is 75.5 Å². The second kappa shape index (κ2) is 12.2. The number of hydrogen-bond acceptors (Lipinski definition) is 5. The van der Waals surface area contributed by atoms with Crippen LogP contribution in [0.3, 0.4) is 0 Å². The highest BCUT2D eigenvalue weighted by Crippen LogP contribution is 2.50. The minimum atomic E-state index is 0.305. The fourth-order valence-corrected chi connectivity index (χ4v) is 10.6. The van der Waals surface area contributed by atoms with Gasteiger partial charge in [0.15, 0.2) is 0 Å². The number of piperidine rings is 2. The fraction of sp³-hybridized carbons (Fsp3) is 0.730. The lowest BCUT2D eigenvalue weighted by Crippen LogP contribution is -2.62. The fourth-order valence-electron chi connectivity index (χ4n) is 10.6. The molecule has 238 valence electrons. The van der Waals surface area contributed by atoms with Crippen molar-refractivity contribution in [3.8, 4) is 0 Å². The molecule has 2 saturated carbocycles. The molecule has 3 aromatic rings. The van der Waals surface area contributed by atoms with Gasteiger partial charge in [-0.2, -0.15) is 0 Å². The standard InChI is InChI=1S/C37H54N6O/c1-25-16-26(2)35-21-30(20-34(25)42(35)29-18-27-8-4-5-9-28(17-27)19-29)43-33-11-7-6-10-32(33)39-36(43)22-31-24-44-15-14-41(31)23-37-38-12-13-40(37)3/h6-7,10-13,25-31,34-35H,4-5,8-9,14-24H2,1-3H3/t25-,26+,27-,28+,29?,30?,31-,34+,35-/m1/s1. The molecule has 5 fully saturated rings. The Bertz CT molecular complexity index is 1400. The van der Waals surface area contributed by atoms with Crippen LogP contribution in [0.1, 0.15) is 95.7 Å². The Balaban J connectivity index is 1.10. The molecule has 2 aromatic heterocycles. The Labute approximate surface area is 264 Å². The number of aromatic nitrogens is 4. The highest BCUT2D eigenvalue weighted by Gasteiger charge is 2.49. The van der Waals surface area contributed by atoms with Gasteiger partial charge < -0.3 is 13.9 Å². The van der Waals surface area contributed by atoms with Crippen molar-refractivity contribution in [2.75, 3.05) is 19.8 Å². The van der Waals surface area contributed by atoms with Gasteiger partial charge in [0.2, 0.25) is 0 Å². The van der Waals surface area contributed by atoms with Gasteiger partial charge in [-0.3, -0.25) is 9.80 Å². The van der Waals surface area contributed by atoms with E-state index in [0.717, 1.165) is 73.8 Å². The van der Waals surface area contributed by atoms with E-state index >= 15 is 0 Å². The number of imidazole rings is 2. The summed E-state index contributed by atoms with van der Waals surface area (Å²) >= 11 is 0. The third-order valence-corrected chi connectivity index (χ3v) is 12.7. The first-order valence-electron chi connectivity index (χ1n) is 18.0. The van der Waals surface area contributed by atoms with Gasteiger partial charge in [0.1, 0.15) is 11.6 Å². The van der Waals surface area contributed by atoms with Gasteiger partial charge in [0.05, 0.1) is 30.8 Å². The minimum absolute atomic E-state index is 0.305. The Kier molecular flexibility index (Phi) is 8.08. The monoisotopic (exact) mass is 598 g/mol. The first-order valence-corrected chi connectivity index (χ1v) is 18.0. The zero-order chi connectivity index (χ0) is 29.8. The molecular weight excluding hydrogens is 544 g/mol. The van der Waals surface area contributed by atoms with E-state index in [2.05, 4.69) is 75.3 Å². The largest absolute Gasteiger partial charge is 0.378 e. The van der Waals surface area contributed by atoms with E-state index in [4.69, 9.17) is 9.72 Å². The van der Waals surface area contributed by atoms with E-state index in [0.29, 0.717) is 24.2 Å². The molecule has 44 heavy (non-hydrogen) atoms. The predicted octanol–water partition coefficient (Wildman–Crippen LogP) is 6.62. The van der Waals surface area contributed by atoms with Crippen molar-refractivity contribution in [1.82, 2.24) is 28.9 Å². The summed E-state index contributed by atoms with van der Waals surface area (Å²) in [7, 11) is 2.10. The Hall–Kier alpha value is -2.22. The molecule has 2 unspecified atom stereocenters. The number of ether oxygens (including phenoxy) is 1. The smallest absolute Gasteiger partial charge is 0.122 e. The highest BCUT2D eigenvalue weighted by atomic mass is 16.5. The van der Waals surface area contributed by atoms with Gasteiger partial charge in [-0.1, -0.05) is 51.7 Å². The number of fused-ring (bicyclic) bond motifs is 5. The molecule has 3 aliphatic heterocycles. The summed E-state index contributed by atoms with van der Waals surface area (Å²) in [6.45, 7) is 8.50. The lowest BCUT2D eigenvalue weighted by molar-refractivity contribution is -0.0870. The lowest BCUT2D eigenvalue weighted by Gasteiger charge is -2.58. The number of rotatable bonds is 6. The summed E-state index contributed by atoms with van der Waals surface area (Å²) < 4.78 is 11.0. The van der Waals surface area contributed by atoms with Crippen molar-refractivity contribution in [3.63, 3.8) is 0 Å². The molecule has 0 spiro atoms. The van der Waals surface area contributed by atoms with Crippen molar-refractivity contribution in [2.24, 2.45) is 30.7 Å². The van der Waals surface area contributed by atoms with Crippen LogP contribution in [-0.2, 0) is 24.8 Å². The third-order valence-electron chi connectivity index (χ3n) is 12.7. The molecule has 9 atom stereocenters. The normalized spacial score (nSPS) is 36.8. The van der Waals surface area contributed by atoms with E-state index < -0.39 is 0 Å². The Morgan fingerprint density at radius 3 is 2.34 bits per heavy atom. The third kappa shape index (κ3) is 5.45. The number of benzene rings is 1. The van der Waals surface area contributed by atoms with Crippen molar-refractivity contribution in [3.05, 3.63) is 48.3 Å². The van der Waals surface area contributed by atoms with Gasteiger partial charge in [-0.15, -0.1) is 0 Å². The average Bonchev–Trinajstić information content (AvgIpc) is 3.55. The molecule has 3 saturated heterocycles. The van der Waals surface area contributed by atoms with Crippen molar-refractivity contribution in [2.45, 2.75) is 121 Å². The van der Waals surface area contributed by atoms with Crippen molar-refractivity contribution < 1.29 is 4.74 Å². The molecule has 0 amide bonds. The molecule has 7 heteroatoms. The number of hydrogen-bond donors (Lipinski definition) is 0. The maximum absolute atomic E-state index is 6.09. The summed E-state index contributed by atoms with van der Waals surface area (Å²) in [6, 6.07) is 11.9. The topological polar surface area (TPSA) is 51.4 Å². The molecule has 1 aromatic carbocycles. The van der Waals surface area contributed by atoms with Gasteiger partial charge in [-0.25, -0.2) is 9.97 Å². The predicted molar refractivity (Wildman–Crippen MR) is 175 cm³/mol. The van der Waals surface area contributed by atoms with Crippen LogP contribution < -0.4 is 0 Å². The van der Waals surface area contributed by atoms with Crippen molar-refractivity contribution in [1.29, 1.82) is 0 Å². The summed E-state index contributed by atoms with van der Waals surface area (Å²) in [5, 5.41) is 0. The van der Waals surface area contributed by atoms with Gasteiger partial charge in [0.25, 0.3) is 0 Å². The molecule has 2 aliphatic carbocycles. The zero-order valence-electron chi connectivity index (χ0n) is 27.4. The SMILES string of the molecule is C[C@@H]1C[C@H](C)[C@H]2CC(n3c(C[C@@H]4COCCN4Cc4nccn4C)nc4ccccc43)C[C@@H]1N2C1C[C@H]2CCCC[C@@H](C1)C2. The molecule has 8 rings (SSSR count). The van der Waals surface area contributed by atoms with E-state index in [1.807, 2.05) is 6.20 Å². The first-order chi connectivity index (χ1) is 21.5. The van der Waals surface area contributed by atoms with Crippen LogP contribution in [0, 0.1) is 23.7 Å². The van der Waals surface area contributed by atoms with E-state index in [9.17, 15) is 0 Å². The molecule has 0 radical (unpaired) electrons. The van der Waals surface area contributed by atoms with Crippen molar-refractivity contribution >= 4 is 11.0 Å². The molecule has 5 heterocycles. The van der Waals surface area contributed by atoms with Gasteiger partial charge >= 0.3 is 0 Å². The Morgan fingerprint density at radius 2 is 1.61 bits per heavy atom. The van der Waals surface area contributed by atoms with Gasteiger partial charge in [0, 0.05) is 62.6 Å². The van der Waals surface area contributed by atoms with Crippen LogP contribution in [0.5, 0.6) is 0 Å². The first kappa shape index (κ1) is 29.2. The Morgan fingerprint density at radius 1 is 0.864 bits per heavy atom. The van der Waals surface area contributed by atoms with Crippen LogP contribution in [-0.4, -0.2) is 72.8 Å². The second-order valence-electron chi connectivity index (χ2n) is 15.5. The average molecular weight is 599 g/mol. The van der Waals surface area contributed by atoms with Crippen LogP contribution in [0.2, 0.25) is 0 Å². The molecular formula is C37H54N6O. The number of morpholine rings is 1. The van der Waals surface area contributed by atoms with E-state index in [1.54, 1.807) is 0 Å². The summed E-state index contributed by atoms with van der Waals surface area (Å²) in [5.41, 5.74) is 2.48. The second-order valence-corrected chi connectivity index (χ2v) is 15.5. The molecule has 0 N–H and O–H groups in total. The van der Waals surface area contributed by atoms with Crippen LogP contribution in [0.15, 0.2) is 36.7 Å². The summed E-state index contributed by atoms with van der Waals surface area (Å²) in [5.74, 6) is 5.84. The molecule has 5 aliphatic rings. The maximum Gasteiger partial charge on any atom is 0.122 e. The number of aryl methyl sites for hydroxylation is 1. The zero-order valence-corrected chi connectivity index (χ0v) is 27.4.